The second kappa shape index (κ2) is 10.3. The number of halogens is 1. The van der Waals surface area contributed by atoms with Gasteiger partial charge in [-0.05, 0) is 42.5 Å². The highest BCUT2D eigenvalue weighted by molar-refractivity contribution is 8.03. The minimum Gasteiger partial charge on any atom is -0.484 e. The van der Waals surface area contributed by atoms with E-state index in [0.29, 0.717) is 22.3 Å². The standard InChI is InChI=1S/C23H27FN4O4S2/c1-3-16-11-25-23(26-12-16)28-8-6-18(7-9-28)22-27-19(14-33(22)29)13-32-21-5-4-17(10-20(21)24)15-34(2,30)31/h4-5,10-12,14,18H,3,6-9,13,15H2,1-2H3. The average Bonchev–Trinajstić information content (AvgIpc) is 3.18. The Hall–Kier alpha value is -2.66. The fourth-order valence-corrected chi connectivity index (χ4v) is 5.99. The molecule has 1 saturated heterocycles. The SMILES string of the molecule is CCc1cnc(N2CCC(C3=NC(COc4ccc(CS(C)(=O)=O)cc4F)=CS3=O)CC2)nc1. The van der Waals surface area contributed by atoms with E-state index in [0.717, 1.165) is 50.2 Å². The number of anilines is 1. The summed E-state index contributed by atoms with van der Waals surface area (Å²) in [5.41, 5.74) is 1.95. The van der Waals surface area contributed by atoms with Crippen LogP contribution in [0, 0.1) is 11.7 Å². The number of rotatable bonds is 8. The zero-order chi connectivity index (χ0) is 24.3. The first-order valence-corrected chi connectivity index (χ1v) is 14.3. The molecule has 2 aliphatic rings. The van der Waals surface area contributed by atoms with Crippen LogP contribution in [0.5, 0.6) is 5.75 Å². The zero-order valence-corrected chi connectivity index (χ0v) is 20.7. The predicted octanol–water partition coefficient (Wildman–Crippen LogP) is 3.02. The molecule has 0 saturated carbocycles. The van der Waals surface area contributed by atoms with Gasteiger partial charge >= 0.3 is 0 Å². The molecule has 2 aromatic rings. The fraction of sp³-hybridized carbons (Fsp3) is 0.435. The van der Waals surface area contributed by atoms with Gasteiger partial charge in [0.2, 0.25) is 5.95 Å². The smallest absolute Gasteiger partial charge is 0.225 e. The molecule has 0 aliphatic carbocycles. The van der Waals surface area contributed by atoms with Crippen LogP contribution in [0.1, 0.15) is 30.9 Å². The number of hydrogen-bond donors (Lipinski definition) is 0. The van der Waals surface area contributed by atoms with E-state index in [-0.39, 0.29) is 24.0 Å². The van der Waals surface area contributed by atoms with Crippen molar-refractivity contribution in [1.29, 1.82) is 0 Å². The normalized spacial score (nSPS) is 19.1. The molecule has 1 aromatic heterocycles. The molecule has 2 aliphatic heterocycles. The van der Waals surface area contributed by atoms with Crippen LogP contribution >= 0.6 is 0 Å². The predicted molar refractivity (Wildman–Crippen MR) is 130 cm³/mol. The van der Waals surface area contributed by atoms with Gasteiger partial charge in [-0.1, -0.05) is 13.0 Å². The summed E-state index contributed by atoms with van der Waals surface area (Å²) in [6.07, 6.45) is 7.28. The van der Waals surface area contributed by atoms with E-state index in [4.69, 9.17) is 4.74 Å². The van der Waals surface area contributed by atoms with Gasteiger partial charge in [0, 0.05) is 43.1 Å². The highest BCUT2D eigenvalue weighted by Crippen LogP contribution is 2.28. The number of ether oxygens (including phenoxy) is 1. The molecule has 0 amide bonds. The topological polar surface area (TPSA) is 102 Å². The summed E-state index contributed by atoms with van der Waals surface area (Å²) in [5, 5.41) is 2.17. The van der Waals surface area contributed by atoms with Gasteiger partial charge in [0.1, 0.15) is 11.7 Å². The van der Waals surface area contributed by atoms with Crippen LogP contribution in [-0.4, -0.2) is 53.6 Å². The van der Waals surface area contributed by atoms with Crippen molar-refractivity contribution >= 4 is 31.6 Å². The van der Waals surface area contributed by atoms with Crippen molar-refractivity contribution < 1.29 is 21.8 Å². The number of nitrogens with zero attached hydrogens (tertiary/aromatic N) is 4. The Morgan fingerprint density at radius 3 is 2.50 bits per heavy atom. The Bertz CT molecular complexity index is 1240. The van der Waals surface area contributed by atoms with Gasteiger partial charge in [0.25, 0.3) is 0 Å². The first-order chi connectivity index (χ1) is 16.2. The van der Waals surface area contributed by atoms with Crippen LogP contribution < -0.4 is 9.64 Å². The third kappa shape index (κ3) is 6.06. The largest absolute Gasteiger partial charge is 0.484 e. The van der Waals surface area contributed by atoms with Crippen molar-refractivity contribution in [3.8, 4) is 5.75 Å². The van der Waals surface area contributed by atoms with E-state index in [2.05, 4.69) is 26.8 Å². The molecule has 8 nitrogen and oxygen atoms in total. The van der Waals surface area contributed by atoms with E-state index in [1.165, 1.54) is 12.1 Å². The summed E-state index contributed by atoms with van der Waals surface area (Å²) >= 11 is 0. The summed E-state index contributed by atoms with van der Waals surface area (Å²) < 4.78 is 55.3. The summed E-state index contributed by atoms with van der Waals surface area (Å²) in [6.45, 7) is 3.55. The van der Waals surface area contributed by atoms with Crippen LogP contribution in [0.25, 0.3) is 0 Å². The number of benzene rings is 1. The zero-order valence-electron chi connectivity index (χ0n) is 19.1. The van der Waals surface area contributed by atoms with Crippen molar-refractivity contribution in [2.45, 2.75) is 31.9 Å². The summed E-state index contributed by atoms with van der Waals surface area (Å²) in [5.74, 6) is -0.0898. The summed E-state index contributed by atoms with van der Waals surface area (Å²) in [4.78, 5) is 15.5. The molecule has 11 heteroatoms. The van der Waals surface area contributed by atoms with Crippen molar-refractivity contribution in [3.63, 3.8) is 0 Å². The van der Waals surface area contributed by atoms with E-state index >= 15 is 0 Å². The molecule has 34 heavy (non-hydrogen) atoms. The van der Waals surface area contributed by atoms with Crippen molar-refractivity contribution in [2.24, 2.45) is 10.9 Å². The van der Waals surface area contributed by atoms with Gasteiger partial charge in [-0.15, -0.1) is 0 Å². The van der Waals surface area contributed by atoms with Crippen LogP contribution in [0.3, 0.4) is 0 Å². The maximum atomic E-state index is 14.3. The molecule has 4 rings (SSSR count). The Kier molecular flexibility index (Phi) is 7.42. The van der Waals surface area contributed by atoms with Gasteiger partial charge in [0.15, 0.2) is 21.4 Å². The summed E-state index contributed by atoms with van der Waals surface area (Å²) in [7, 11) is -4.58. The molecule has 0 N–H and O–H groups in total. The number of aliphatic imine (C=N–C) groups is 1. The minimum absolute atomic E-state index is 0.00465. The lowest BCUT2D eigenvalue weighted by Crippen LogP contribution is -2.37. The average molecular weight is 507 g/mol. The second-order valence-corrected chi connectivity index (χ2v) is 11.9. The first kappa shape index (κ1) is 24.5. The van der Waals surface area contributed by atoms with Crippen molar-refractivity contribution in [3.05, 3.63) is 58.6 Å². The molecule has 0 radical (unpaired) electrons. The minimum atomic E-state index is -3.26. The molecule has 1 fully saturated rings. The van der Waals surface area contributed by atoms with Crippen molar-refractivity contribution in [2.75, 3.05) is 30.9 Å². The molecule has 3 heterocycles. The number of aromatic nitrogens is 2. The van der Waals surface area contributed by atoms with Gasteiger partial charge in [0.05, 0.1) is 22.2 Å². The lowest BCUT2D eigenvalue weighted by Gasteiger charge is -2.31. The molecule has 0 spiro atoms. The highest BCUT2D eigenvalue weighted by atomic mass is 32.2. The first-order valence-electron chi connectivity index (χ1n) is 11.1. The molecular formula is C23H27FN4O4S2. The van der Waals surface area contributed by atoms with E-state index in [1.54, 1.807) is 5.41 Å². The molecule has 0 bridgehead atoms. The fourth-order valence-electron chi connectivity index (χ4n) is 3.94. The van der Waals surface area contributed by atoms with Gasteiger partial charge in [-0.3, -0.25) is 0 Å². The van der Waals surface area contributed by atoms with Crippen LogP contribution in [0.15, 0.2) is 46.7 Å². The quantitative estimate of drug-likeness (QED) is 0.542. The van der Waals surface area contributed by atoms with Crippen molar-refractivity contribution in [1.82, 2.24) is 9.97 Å². The Morgan fingerprint density at radius 1 is 1.18 bits per heavy atom. The Labute approximate surface area is 201 Å². The molecular weight excluding hydrogens is 479 g/mol. The summed E-state index contributed by atoms with van der Waals surface area (Å²) in [6, 6.07) is 4.07. The number of aryl methyl sites for hydroxylation is 1. The number of piperidine rings is 1. The number of hydrogen-bond acceptors (Lipinski definition) is 8. The Morgan fingerprint density at radius 2 is 1.88 bits per heavy atom. The third-order valence-electron chi connectivity index (χ3n) is 5.73. The van der Waals surface area contributed by atoms with Gasteiger partial charge in [-0.25, -0.2) is 32.0 Å². The lowest BCUT2D eigenvalue weighted by molar-refractivity contribution is 0.331. The maximum Gasteiger partial charge on any atom is 0.225 e. The molecule has 1 atom stereocenters. The van der Waals surface area contributed by atoms with E-state index in [9.17, 15) is 17.0 Å². The third-order valence-corrected chi connectivity index (χ3v) is 7.91. The lowest BCUT2D eigenvalue weighted by atomic mass is 9.98. The highest BCUT2D eigenvalue weighted by Gasteiger charge is 2.30. The van der Waals surface area contributed by atoms with Crippen LogP contribution in [0.4, 0.5) is 10.3 Å². The molecule has 182 valence electrons. The monoisotopic (exact) mass is 506 g/mol. The van der Waals surface area contributed by atoms with Crippen LogP contribution in [-0.2, 0) is 32.8 Å². The maximum absolute atomic E-state index is 14.3. The molecule has 1 aromatic carbocycles. The second-order valence-electron chi connectivity index (χ2n) is 8.49. The van der Waals surface area contributed by atoms with E-state index < -0.39 is 26.5 Å². The van der Waals surface area contributed by atoms with Gasteiger partial charge in [-0.2, -0.15) is 0 Å². The van der Waals surface area contributed by atoms with Crippen LogP contribution in [0.2, 0.25) is 0 Å². The molecule has 1 unspecified atom stereocenters. The van der Waals surface area contributed by atoms with Gasteiger partial charge < -0.3 is 9.64 Å². The Balaban J connectivity index is 1.33. The number of sulfone groups is 1. The van der Waals surface area contributed by atoms with E-state index in [1.807, 2.05) is 12.4 Å².